The average Bonchev–Trinajstić information content (AvgIpc) is 2.37. The quantitative estimate of drug-likeness (QED) is 0.594. The first-order chi connectivity index (χ1) is 9.32. The van der Waals surface area contributed by atoms with E-state index in [9.17, 15) is 23.7 Å². The number of nitrogens with one attached hydrogen (secondary N) is 1. The van der Waals surface area contributed by atoms with Crippen molar-refractivity contribution in [3.05, 3.63) is 33.9 Å². The molecule has 0 radical (unpaired) electrons. The Morgan fingerprint density at radius 2 is 2.15 bits per heavy atom. The van der Waals surface area contributed by atoms with Gasteiger partial charge >= 0.3 is 5.97 Å². The number of anilines is 1. The maximum atomic E-state index is 13.6. The van der Waals surface area contributed by atoms with Crippen LogP contribution in [0.5, 0.6) is 0 Å². The number of nitrogens with zero attached hydrogens (tertiary/aromatic N) is 1. The molecule has 0 fully saturated rings. The Morgan fingerprint density at radius 3 is 2.70 bits per heavy atom. The highest BCUT2D eigenvalue weighted by Gasteiger charge is 2.21. The molecule has 1 aromatic rings. The Hall–Kier alpha value is -2.25. The standard InChI is InChI=1S/C12H14F2N2O4/c1-7(2-5-10(17)18)6-15-12-9(16(19)20)4-3-8(13)11(12)14/h3-4,7,15H,2,5-6H2,1H3,(H,17,18). The SMILES string of the molecule is CC(CCC(=O)O)CNc1c([N+](=O)[O-])ccc(F)c1F. The lowest BCUT2D eigenvalue weighted by Crippen LogP contribution is -2.15. The second-order valence-corrected chi connectivity index (χ2v) is 4.43. The molecule has 2 N–H and O–H groups in total. The smallest absolute Gasteiger partial charge is 0.303 e. The Labute approximate surface area is 113 Å². The van der Waals surface area contributed by atoms with Crippen LogP contribution in [0.1, 0.15) is 19.8 Å². The molecule has 0 saturated heterocycles. The van der Waals surface area contributed by atoms with Crippen LogP contribution in [-0.4, -0.2) is 22.5 Å². The zero-order valence-corrected chi connectivity index (χ0v) is 10.7. The van der Waals surface area contributed by atoms with E-state index in [0.29, 0.717) is 12.5 Å². The molecular weight excluding hydrogens is 274 g/mol. The highest BCUT2D eigenvalue weighted by molar-refractivity contribution is 5.66. The van der Waals surface area contributed by atoms with Crippen molar-refractivity contribution < 1.29 is 23.6 Å². The number of nitro benzene ring substituents is 1. The van der Waals surface area contributed by atoms with Gasteiger partial charge in [-0.3, -0.25) is 14.9 Å². The fraction of sp³-hybridized carbons (Fsp3) is 0.417. The van der Waals surface area contributed by atoms with Gasteiger partial charge in [0.05, 0.1) is 4.92 Å². The molecule has 110 valence electrons. The van der Waals surface area contributed by atoms with Crippen LogP contribution in [0.4, 0.5) is 20.2 Å². The summed E-state index contributed by atoms with van der Waals surface area (Å²) in [6.45, 7) is 1.81. The monoisotopic (exact) mass is 288 g/mol. The van der Waals surface area contributed by atoms with Crippen LogP contribution in [0.2, 0.25) is 0 Å². The van der Waals surface area contributed by atoms with Crippen molar-refractivity contribution in [2.75, 3.05) is 11.9 Å². The van der Waals surface area contributed by atoms with Crippen molar-refractivity contribution in [1.82, 2.24) is 0 Å². The molecule has 0 aromatic heterocycles. The number of rotatable bonds is 7. The van der Waals surface area contributed by atoms with E-state index in [2.05, 4.69) is 5.32 Å². The van der Waals surface area contributed by atoms with Gasteiger partial charge in [-0.2, -0.15) is 0 Å². The summed E-state index contributed by atoms with van der Waals surface area (Å²) in [5.41, 5.74) is -1.08. The minimum Gasteiger partial charge on any atom is -0.481 e. The van der Waals surface area contributed by atoms with E-state index < -0.39 is 33.9 Å². The van der Waals surface area contributed by atoms with Crippen molar-refractivity contribution in [3.8, 4) is 0 Å². The third-order valence-electron chi connectivity index (χ3n) is 2.75. The Balaban J connectivity index is 2.78. The van der Waals surface area contributed by atoms with E-state index in [1.807, 2.05) is 0 Å². The van der Waals surface area contributed by atoms with E-state index in [4.69, 9.17) is 5.11 Å². The van der Waals surface area contributed by atoms with Gasteiger partial charge in [0.1, 0.15) is 0 Å². The van der Waals surface area contributed by atoms with Crippen molar-refractivity contribution in [2.45, 2.75) is 19.8 Å². The molecule has 0 spiro atoms. The number of nitro groups is 1. The molecular formula is C12H14F2N2O4. The number of aliphatic carboxylic acids is 1. The minimum absolute atomic E-state index is 0.0590. The number of carbonyl (C=O) groups is 1. The maximum absolute atomic E-state index is 13.6. The van der Waals surface area contributed by atoms with Crippen LogP contribution in [0.15, 0.2) is 12.1 Å². The largest absolute Gasteiger partial charge is 0.481 e. The van der Waals surface area contributed by atoms with E-state index in [1.165, 1.54) is 0 Å². The molecule has 1 atom stereocenters. The average molecular weight is 288 g/mol. The van der Waals surface area contributed by atoms with Gasteiger partial charge in [-0.1, -0.05) is 6.92 Å². The molecule has 20 heavy (non-hydrogen) atoms. The topological polar surface area (TPSA) is 92.5 Å². The van der Waals surface area contributed by atoms with Gasteiger partial charge in [0.15, 0.2) is 17.3 Å². The first-order valence-electron chi connectivity index (χ1n) is 5.91. The summed E-state index contributed by atoms with van der Waals surface area (Å²) in [6, 6.07) is 1.56. The van der Waals surface area contributed by atoms with E-state index in [-0.39, 0.29) is 18.9 Å². The van der Waals surface area contributed by atoms with Crippen molar-refractivity contribution in [1.29, 1.82) is 0 Å². The molecule has 0 bridgehead atoms. The summed E-state index contributed by atoms with van der Waals surface area (Å²) in [7, 11) is 0. The minimum atomic E-state index is -1.32. The van der Waals surface area contributed by atoms with E-state index in [1.54, 1.807) is 6.92 Å². The summed E-state index contributed by atoms with van der Waals surface area (Å²) in [4.78, 5) is 20.3. The van der Waals surface area contributed by atoms with Crippen molar-refractivity contribution >= 4 is 17.3 Å². The zero-order valence-electron chi connectivity index (χ0n) is 10.7. The fourth-order valence-electron chi connectivity index (χ4n) is 1.61. The van der Waals surface area contributed by atoms with Crippen LogP contribution in [0.3, 0.4) is 0 Å². The number of hydrogen-bond acceptors (Lipinski definition) is 4. The number of carboxylic acid groups (broad SMARTS) is 1. The number of halogens is 2. The van der Waals surface area contributed by atoms with Crippen LogP contribution >= 0.6 is 0 Å². The fourth-order valence-corrected chi connectivity index (χ4v) is 1.61. The lowest BCUT2D eigenvalue weighted by molar-refractivity contribution is -0.384. The lowest BCUT2D eigenvalue weighted by atomic mass is 10.1. The molecule has 0 amide bonds. The molecule has 1 rings (SSSR count). The van der Waals surface area contributed by atoms with Crippen molar-refractivity contribution in [3.63, 3.8) is 0 Å². The predicted octanol–water partition coefficient (Wildman–Crippen LogP) is 2.79. The summed E-state index contributed by atoms with van der Waals surface area (Å²) < 4.78 is 26.6. The molecule has 8 heteroatoms. The molecule has 0 heterocycles. The summed E-state index contributed by atoms with van der Waals surface area (Å²) in [5, 5.41) is 21.7. The van der Waals surface area contributed by atoms with Gasteiger partial charge in [-0.05, 0) is 18.4 Å². The molecule has 1 aromatic carbocycles. The lowest BCUT2D eigenvalue weighted by Gasteiger charge is -2.13. The molecule has 1 unspecified atom stereocenters. The van der Waals surface area contributed by atoms with E-state index >= 15 is 0 Å². The predicted molar refractivity (Wildman–Crippen MR) is 67.5 cm³/mol. The number of carboxylic acids is 1. The molecule has 0 aliphatic carbocycles. The summed E-state index contributed by atoms with van der Waals surface area (Å²) >= 11 is 0. The first-order valence-corrected chi connectivity index (χ1v) is 5.91. The number of benzene rings is 1. The van der Waals surface area contributed by atoms with Crippen molar-refractivity contribution in [2.24, 2.45) is 5.92 Å². The Kier molecular flexibility index (Phi) is 5.36. The summed E-state index contributed by atoms with van der Waals surface area (Å²) in [6.07, 6.45) is 0.267. The third kappa shape index (κ3) is 4.15. The Morgan fingerprint density at radius 1 is 1.50 bits per heavy atom. The first kappa shape index (κ1) is 15.8. The molecule has 0 aliphatic rings. The van der Waals surface area contributed by atoms with Gasteiger partial charge in [0.25, 0.3) is 5.69 Å². The number of hydrogen-bond donors (Lipinski definition) is 2. The van der Waals surface area contributed by atoms with Gasteiger partial charge in [-0.15, -0.1) is 0 Å². The second-order valence-electron chi connectivity index (χ2n) is 4.43. The molecule has 0 aliphatic heterocycles. The van der Waals surface area contributed by atoms with Gasteiger partial charge < -0.3 is 10.4 Å². The normalized spacial score (nSPS) is 11.9. The van der Waals surface area contributed by atoms with Crippen LogP contribution < -0.4 is 5.32 Å². The van der Waals surface area contributed by atoms with Crippen LogP contribution in [0.25, 0.3) is 0 Å². The van der Waals surface area contributed by atoms with Gasteiger partial charge in [0, 0.05) is 19.0 Å². The van der Waals surface area contributed by atoms with Crippen LogP contribution in [0, 0.1) is 27.7 Å². The van der Waals surface area contributed by atoms with E-state index in [0.717, 1.165) is 6.07 Å². The highest BCUT2D eigenvalue weighted by Crippen LogP contribution is 2.29. The maximum Gasteiger partial charge on any atom is 0.303 e. The molecule has 0 saturated carbocycles. The highest BCUT2D eigenvalue weighted by atomic mass is 19.2. The van der Waals surface area contributed by atoms with Gasteiger partial charge in [0.2, 0.25) is 0 Å². The molecule has 6 nitrogen and oxygen atoms in total. The third-order valence-corrected chi connectivity index (χ3v) is 2.75. The zero-order chi connectivity index (χ0) is 15.3. The van der Waals surface area contributed by atoms with Gasteiger partial charge in [-0.25, -0.2) is 8.78 Å². The second kappa shape index (κ2) is 6.78. The Bertz CT molecular complexity index is 522. The van der Waals surface area contributed by atoms with Crippen LogP contribution in [-0.2, 0) is 4.79 Å². The summed E-state index contributed by atoms with van der Waals surface area (Å²) in [5.74, 6) is -3.62.